The Morgan fingerprint density at radius 2 is 1.43 bits per heavy atom. The lowest BCUT2D eigenvalue weighted by molar-refractivity contribution is 0.0508. The van der Waals surface area contributed by atoms with Crippen LogP contribution in [0.25, 0.3) is 0 Å². The van der Waals surface area contributed by atoms with Crippen LogP contribution in [0, 0.1) is 5.92 Å². The van der Waals surface area contributed by atoms with E-state index in [2.05, 4.69) is 6.92 Å². The Hall–Kier alpha value is -0.120. The smallest absolute Gasteiger partial charge is 0.0810 e. The molecule has 0 spiro atoms. The fraction of sp³-hybridized carbons (Fsp3) is 1.00. The number of unbranched alkanes of at least 4 members (excludes halogenated alkanes) is 11. The third-order valence-corrected chi connectivity index (χ3v) is 4.86. The topological polar surface area (TPSA) is 38.7 Å². The van der Waals surface area contributed by atoms with Gasteiger partial charge >= 0.3 is 0 Å². The van der Waals surface area contributed by atoms with Crippen molar-refractivity contribution < 1.29 is 14.6 Å². The lowest BCUT2D eigenvalue weighted by atomic mass is 10.1. The molecule has 1 rings (SSSR count). The molecule has 23 heavy (non-hydrogen) atoms. The zero-order valence-corrected chi connectivity index (χ0v) is 15.4. The quantitative estimate of drug-likeness (QED) is 0.401. The molecule has 1 aliphatic heterocycles. The van der Waals surface area contributed by atoms with Crippen LogP contribution >= 0.6 is 0 Å². The van der Waals surface area contributed by atoms with Crippen LogP contribution in [0.5, 0.6) is 0 Å². The number of hydrogen-bond acceptors (Lipinski definition) is 3. The predicted octanol–water partition coefficient (Wildman–Crippen LogP) is 5.10. The van der Waals surface area contributed by atoms with Crippen molar-refractivity contribution in [2.24, 2.45) is 5.92 Å². The minimum atomic E-state index is 0.0512. The maximum atomic E-state index is 9.01. The van der Waals surface area contributed by atoms with E-state index in [-0.39, 0.29) is 12.7 Å². The standard InChI is InChI=1S/C20H40O3/c1-2-3-4-5-6-7-8-9-10-11-12-13-14-22-17-19-15-20(16-21)23-18-19/h19-21H,2-18H2,1H3/t19-,20-/m0/s1. The van der Waals surface area contributed by atoms with Crippen molar-refractivity contribution >= 4 is 0 Å². The first-order chi connectivity index (χ1) is 11.4. The summed E-state index contributed by atoms with van der Waals surface area (Å²) in [7, 11) is 0. The molecule has 0 saturated carbocycles. The van der Waals surface area contributed by atoms with Crippen molar-refractivity contribution in [2.75, 3.05) is 26.4 Å². The van der Waals surface area contributed by atoms with E-state index in [1.807, 2.05) is 0 Å². The van der Waals surface area contributed by atoms with Crippen LogP contribution in [-0.2, 0) is 9.47 Å². The van der Waals surface area contributed by atoms with Crippen molar-refractivity contribution in [3.05, 3.63) is 0 Å². The molecule has 0 aliphatic carbocycles. The Morgan fingerprint density at radius 1 is 0.870 bits per heavy atom. The third-order valence-electron chi connectivity index (χ3n) is 4.86. The average molecular weight is 329 g/mol. The molecule has 3 heteroatoms. The molecule has 0 radical (unpaired) electrons. The van der Waals surface area contributed by atoms with Gasteiger partial charge in [-0.25, -0.2) is 0 Å². The highest BCUT2D eigenvalue weighted by Crippen LogP contribution is 2.19. The van der Waals surface area contributed by atoms with E-state index in [0.29, 0.717) is 5.92 Å². The molecule has 0 aromatic rings. The summed E-state index contributed by atoms with van der Waals surface area (Å²) in [5.41, 5.74) is 0. The third kappa shape index (κ3) is 12.0. The molecule has 0 aromatic carbocycles. The molecule has 1 saturated heterocycles. The Bertz CT molecular complexity index is 245. The van der Waals surface area contributed by atoms with Gasteiger partial charge in [-0.2, -0.15) is 0 Å². The second-order valence-electron chi connectivity index (χ2n) is 7.20. The van der Waals surface area contributed by atoms with Gasteiger partial charge in [0, 0.05) is 12.5 Å². The predicted molar refractivity (Wildman–Crippen MR) is 96.8 cm³/mol. The van der Waals surface area contributed by atoms with Crippen LogP contribution < -0.4 is 0 Å². The first-order valence-electron chi connectivity index (χ1n) is 10.2. The maximum absolute atomic E-state index is 9.01. The van der Waals surface area contributed by atoms with Gasteiger partial charge < -0.3 is 14.6 Å². The van der Waals surface area contributed by atoms with Gasteiger partial charge in [-0.15, -0.1) is 0 Å². The van der Waals surface area contributed by atoms with Gasteiger partial charge in [0.15, 0.2) is 0 Å². The molecule has 2 atom stereocenters. The molecular formula is C20H40O3. The Kier molecular flexibility index (Phi) is 14.0. The summed E-state index contributed by atoms with van der Waals surface area (Å²) in [6.07, 6.45) is 17.6. The normalized spacial score (nSPS) is 21.1. The molecule has 1 N–H and O–H groups in total. The summed E-state index contributed by atoms with van der Waals surface area (Å²) in [5, 5.41) is 9.01. The second kappa shape index (κ2) is 15.4. The number of aliphatic hydroxyl groups excluding tert-OH is 1. The van der Waals surface area contributed by atoms with Gasteiger partial charge in [-0.05, 0) is 12.8 Å². The molecule has 0 aromatic heterocycles. The molecule has 1 aliphatic rings. The lowest BCUT2D eigenvalue weighted by Crippen LogP contribution is -2.12. The van der Waals surface area contributed by atoms with E-state index in [1.54, 1.807) is 0 Å². The van der Waals surface area contributed by atoms with Crippen LogP contribution in [-0.4, -0.2) is 37.6 Å². The molecule has 0 amide bonds. The van der Waals surface area contributed by atoms with E-state index >= 15 is 0 Å². The zero-order chi connectivity index (χ0) is 16.6. The highest BCUT2D eigenvalue weighted by Gasteiger charge is 2.24. The van der Waals surface area contributed by atoms with Gasteiger partial charge in [0.05, 0.1) is 25.9 Å². The van der Waals surface area contributed by atoms with E-state index in [0.717, 1.165) is 26.2 Å². The van der Waals surface area contributed by atoms with E-state index in [1.165, 1.54) is 77.0 Å². The summed E-state index contributed by atoms with van der Waals surface area (Å²) in [6, 6.07) is 0. The van der Waals surface area contributed by atoms with Crippen LogP contribution in [0.15, 0.2) is 0 Å². The number of hydrogen-bond donors (Lipinski definition) is 1. The summed E-state index contributed by atoms with van der Waals surface area (Å²) >= 11 is 0. The highest BCUT2D eigenvalue weighted by atomic mass is 16.5. The van der Waals surface area contributed by atoms with Crippen LogP contribution in [0.2, 0.25) is 0 Å². The first-order valence-corrected chi connectivity index (χ1v) is 10.2. The minimum absolute atomic E-state index is 0.0512. The van der Waals surface area contributed by atoms with Crippen LogP contribution in [0.4, 0.5) is 0 Å². The summed E-state index contributed by atoms with van der Waals surface area (Å²) < 4.78 is 11.2. The Labute approximate surface area is 144 Å². The summed E-state index contributed by atoms with van der Waals surface area (Å²) in [5.74, 6) is 0.490. The Balaban J connectivity index is 1.70. The van der Waals surface area contributed by atoms with Crippen LogP contribution in [0.1, 0.15) is 90.4 Å². The Morgan fingerprint density at radius 3 is 1.96 bits per heavy atom. The van der Waals surface area contributed by atoms with Gasteiger partial charge in [-0.1, -0.05) is 77.6 Å². The maximum Gasteiger partial charge on any atom is 0.0810 e. The van der Waals surface area contributed by atoms with Crippen molar-refractivity contribution in [1.29, 1.82) is 0 Å². The SMILES string of the molecule is CCCCCCCCCCCCCCOC[C@H]1CO[C@H](CO)C1. The number of rotatable bonds is 16. The molecule has 1 heterocycles. The fourth-order valence-corrected chi connectivity index (χ4v) is 3.32. The van der Waals surface area contributed by atoms with E-state index in [4.69, 9.17) is 14.6 Å². The average Bonchev–Trinajstić information content (AvgIpc) is 3.03. The first kappa shape index (κ1) is 20.9. The minimum Gasteiger partial charge on any atom is -0.394 e. The molecule has 0 unspecified atom stereocenters. The largest absolute Gasteiger partial charge is 0.394 e. The summed E-state index contributed by atoms with van der Waals surface area (Å²) in [4.78, 5) is 0. The monoisotopic (exact) mass is 328 g/mol. The molecule has 138 valence electrons. The van der Waals surface area contributed by atoms with E-state index in [9.17, 15) is 0 Å². The number of aliphatic hydroxyl groups is 1. The van der Waals surface area contributed by atoms with Gasteiger partial charge in [0.2, 0.25) is 0 Å². The van der Waals surface area contributed by atoms with E-state index < -0.39 is 0 Å². The van der Waals surface area contributed by atoms with Gasteiger partial charge in [-0.3, -0.25) is 0 Å². The summed E-state index contributed by atoms with van der Waals surface area (Å²) in [6.45, 7) is 4.87. The zero-order valence-electron chi connectivity index (χ0n) is 15.4. The van der Waals surface area contributed by atoms with Gasteiger partial charge in [0.25, 0.3) is 0 Å². The van der Waals surface area contributed by atoms with Crippen molar-refractivity contribution in [2.45, 2.75) is 96.5 Å². The molecular weight excluding hydrogens is 288 g/mol. The van der Waals surface area contributed by atoms with Crippen LogP contribution in [0.3, 0.4) is 0 Å². The van der Waals surface area contributed by atoms with Crippen molar-refractivity contribution in [3.63, 3.8) is 0 Å². The second-order valence-corrected chi connectivity index (χ2v) is 7.20. The molecule has 1 fully saturated rings. The van der Waals surface area contributed by atoms with Crippen molar-refractivity contribution in [3.8, 4) is 0 Å². The number of ether oxygens (including phenoxy) is 2. The van der Waals surface area contributed by atoms with Gasteiger partial charge in [0.1, 0.15) is 0 Å². The highest BCUT2D eigenvalue weighted by molar-refractivity contribution is 4.72. The molecule has 3 nitrogen and oxygen atoms in total. The van der Waals surface area contributed by atoms with Crippen molar-refractivity contribution in [1.82, 2.24) is 0 Å². The lowest BCUT2D eigenvalue weighted by Gasteiger charge is -2.09. The molecule has 0 bridgehead atoms. The fourth-order valence-electron chi connectivity index (χ4n) is 3.32.